The highest BCUT2D eigenvalue weighted by Gasteiger charge is 2.35. The molecule has 298 valence electrons. The number of benzene rings is 10. The van der Waals surface area contributed by atoms with Crippen LogP contribution in [-0.4, -0.2) is 0 Å². The fourth-order valence-electron chi connectivity index (χ4n) is 10.1. The summed E-state index contributed by atoms with van der Waals surface area (Å²) in [6, 6.07) is 81.4. The van der Waals surface area contributed by atoms with Crippen LogP contribution in [0.25, 0.3) is 88.3 Å². The van der Waals surface area contributed by atoms with Crippen LogP contribution in [0.3, 0.4) is 0 Å². The van der Waals surface area contributed by atoms with E-state index >= 15 is 0 Å². The summed E-state index contributed by atoms with van der Waals surface area (Å²) in [6.45, 7) is 4.70. The fourth-order valence-corrected chi connectivity index (χ4v) is 10.1. The molecule has 11 aromatic rings. The summed E-state index contributed by atoms with van der Waals surface area (Å²) < 4.78 is 6.91. The maximum atomic E-state index is 6.91. The average molecular weight is 806 g/mol. The van der Waals surface area contributed by atoms with Crippen LogP contribution in [0.1, 0.15) is 25.0 Å². The Balaban J connectivity index is 0.951. The first-order valence-corrected chi connectivity index (χ1v) is 21.8. The summed E-state index contributed by atoms with van der Waals surface area (Å²) in [6.07, 6.45) is 0. The minimum Gasteiger partial charge on any atom is -0.455 e. The predicted octanol–water partition coefficient (Wildman–Crippen LogP) is 17.2. The standard InChI is InChI=1S/C61H43NO/c1-61(2)57-23-12-11-19-51(57)52-37-36-48(38-58(52)61)62(46-32-28-43(29-33-46)42-26-24-41(25-27-42)40-14-5-3-6-15-40)47-34-30-45(31-35-47)49-21-13-22-54-56-39-55(44-16-7-4-8-17-44)50-18-9-10-20-53(50)60(56)63-59(49)54/h3-39H,1-2H3. The molecule has 0 unspecified atom stereocenters. The highest BCUT2D eigenvalue weighted by Crippen LogP contribution is 2.51. The van der Waals surface area contributed by atoms with Crippen LogP contribution in [0.2, 0.25) is 0 Å². The number of fused-ring (bicyclic) bond motifs is 8. The van der Waals surface area contributed by atoms with Crippen LogP contribution in [0.15, 0.2) is 229 Å². The first-order chi connectivity index (χ1) is 31.0. The van der Waals surface area contributed by atoms with Gasteiger partial charge in [-0.15, -0.1) is 0 Å². The van der Waals surface area contributed by atoms with E-state index < -0.39 is 0 Å². The van der Waals surface area contributed by atoms with Crippen LogP contribution >= 0.6 is 0 Å². The molecular formula is C61H43NO. The van der Waals surface area contributed by atoms with Crippen LogP contribution < -0.4 is 4.90 Å². The lowest BCUT2D eigenvalue weighted by molar-refractivity contribution is 0.660. The molecule has 0 amide bonds. The summed E-state index contributed by atoms with van der Waals surface area (Å²) in [5.41, 5.74) is 19.8. The minimum absolute atomic E-state index is 0.119. The molecule has 1 heterocycles. The molecule has 0 spiro atoms. The van der Waals surface area contributed by atoms with Gasteiger partial charge in [0.25, 0.3) is 0 Å². The number of rotatable bonds is 7. The minimum atomic E-state index is -0.119. The van der Waals surface area contributed by atoms with Gasteiger partial charge in [0.05, 0.1) is 0 Å². The van der Waals surface area contributed by atoms with Gasteiger partial charge in [-0.05, 0) is 109 Å². The van der Waals surface area contributed by atoms with Gasteiger partial charge in [-0.25, -0.2) is 0 Å². The van der Waals surface area contributed by atoms with Crippen molar-refractivity contribution in [2.75, 3.05) is 4.90 Å². The lowest BCUT2D eigenvalue weighted by atomic mass is 9.82. The van der Waals surface area contributed by atoms with Crippen LogP contribution in [-0.2, 0) is 5.41 Å². The molecule has 1 aliphatic carbocycles. The molecule has 0 saturated heterocycles. The maximum Gasteiger partial charge on any atom is 0.143 e. The van der Waals surface area contributed by atoms with Gasteiger partial charge in [0.2, 0.25) is 0 Å². The normalized spacial score (nSPS) is 12.7. The van der Waals surface area contributed by atoms with Crippen molar-refractivity contribution < 1.29 is 4.42 Å². The molecule has 2 nitrogen and oxygen atoms in total. The summed E-state index contributed by atoms with van der Waals surface area (Å²) in [7, 11) is 0. The average Bonchev–Trinajstić information content (AvgIpc) is 3.84. The van der Waals surface area contributed by atoms with Gasteiger partial charge in [0.1, 0.15) is 11.2 Å². The van der Waals surface area contributed by atoms with Crippen molar-refractivity contribution in [2.24, 2.45) is 0 Å². The van der Waals surface area contributed by atoms with Crippen molar-refractivity contribution in [2.45, 2.75) is 19.3 Å². The van der Waals surface area contributed by atoms with Gasteiger partial charge >= 0.3 is 0 Å². The Hall–Kier alpha value is -7.94. The van der Waals surface area contributed by atoms with Gasteiger partial charge in [-0.2, -0.15) is 0 Å². The van der Waals surface area contributed by atoms with Gasteiger partial charge in [-0.1, -0.05) is 196 Å². The molecule has 0 atom stereocenters. The largest absolute Gasteiger partial charge is 0.455 e. The van der Waals surface area contributed by atoms with E-state index in [0.29, 0.717) is 0 Å². The van der Waals surface area contributed by atoms with E-state index in [-0.39, 0.29) is 5.41 Å². The zero-order valence-corrected chi connectivity index (χ0v) is 35.2. The van der Waals surface area contributed by atoms with Crippen molar-refractivity contribution in [1.82, 2.24) is 0 Å². The summed E-state index contributed by atoms with van der Waals surface area (Å²) in [4.78, 5) is 2.39. The van der Waals surface area contributed by atoms with Gasteiger partial charge in [-0.3, -0.25) is 0 Å². The van der Waals surface area contributed by atoms with Gasteiger partial charge < -0.3 is 9.32 Å². The van der Waals surface area contributed by atoms with Crippen molar-refractivity contribution >= 4 is 49.8 Å². The van der Waals surface area contributed by atoms with Crippen molar-refractivity contribution in [1.29, 1.82) is 0 Å². The number of hydrogen-bond acceptors (Lipinski definition) is 2. The summed E-state index contributed by atoms with van der Waals surface area (Å²) in [5, 5.41) is 4.56. The second kappa shape index (κ2) is 14.6. The lowest BCUT2D eigenvalue weighted by Crippen LogP contribution is -2.16. The van der Waals surface area contributed by atoms with Gasteiger partial charge in [0, 0.05) is 44.2 Å². The first kappa shape index (κ1) is 36.9. The SMILES string of the molecule is CC1(C)c2ccccc2-c2ccc(N(c3ccc(-c4ccc(-c5ccccc5)cc4)cc3)c3ccc(-c4cccc5c4oc4c6ccccc6c(-c6ccccc6)cc54)cc3)cc21. The molecule has 10 aromatic carbocycles. The summed E-state index contributed by atoms with van der Waals surface area (Å²) >= 11 is 0. The van der Waals surface area contributed by atoms with E-state index in [9.17, 15) is 0 Å². The Kier molecular flexibility index (Phi) is 8.55. The Morgan fingerprint density at radius 1 is 0.302 bits per heavy atom. The van der Waals surface area contributed by atoms with Crippen molar-refractivity contribution in [3.8, 4) is 55.6 Å². The number of para-hydroxylation sites is 1. The van der Waals surface area contributed by atoms with Crippen molar-refractivity contribution in [3.05, 3.63) is 236 Å². The topological polar surface area (TPSA) is 16.4 Å². The van der Waals surface area contributed by atoms with E-state index in [4.69, 9.17) is 4.42 Å². The highest BCUT2D eigenvalue weighted by molar-refractivity contribution is 6.20. The van der Waals surface area contributed by atoms with E-state index in [0.717, 1.165) is 55.5 Å². The third-order valence-corrected chi connectivity index (χ3v) is 13.3. The van der Waals surface area contributed by atoms with E-state index in [1.165, 1.54) is 61.0 Å². The second-order valence-corrected chi connectivity index (χ2v) is 17.3. The van der Waals surface area contributed by atoms with Gasteiger partial charge in [0.15, 0.2) is 0 Å². The fraction of sp³-hybridized carbons (Fsp3) is 0.0492. The molecule has 63 heavy (non-hydrogen) atoms. The highest BCUT2D eigenvalue weighted by atomic mass is 16.3. The van der Waals surface area contributed by atoms with E-state index in [2.05, 4.69) is 243 Å². The quantitative estimate of drug-likeness (QED) is 0.160. The number of nitrogens with zero attached hydrogens (tertiary/aromatic N) is 1. The molecule has 0 bridgehead atoms. The molecule has 1 aromatic heterocycles. The molecule has 0 radical (unpaired) electrons. The third-order valence-electron chi connectivity index (χ3n) is 13.3. The molecule has 0 saturated carbocycles. The Morgan fingerprint density at radius 2 is 0.762 bits per heavy atom. The number of furan rings is 1. The van der Waals surface area contributed by atoms with Crippen LogP contribution in [0, 0.1) is 0 Å². The Morgan fingerprint density at radius 3 is 1.44 bits per heavy atom. The zero-order valence-electron chi connectivity index (χ0n) is 35.2. The molecule has 2 heteroatoms. The first-order valence-electron chi connectivity index (χ1n) is 21.8. The monoisotopic (exact) mass is 805 g/mol. The van der Waals surface area contributed by atoms with Crippen LogP contribution in [0.5, 0.6) is 0 Å². The Bertz CT molecular complexity index is 3490. The van der Waals surface area contributed by atoms with Crippen LogP contribution in [0.4, 0.5) is 17.1 Å². The second-order valence-electron chi connectivity index (χ2n) is 17.3. The van der Waals surface area contributed by atoms with E-state index in [1.807, 2.05) is 0 Å². The zero-order chi connectivity index (χ0) is 42.1. The summed E-state index contributed by atoms with van der Waals surface area (Å²) in [5.74, 6) is 0. The number of anilines is 3. The lowest BCUT2D eigenvalue weighted by Gasteiger charge is -2.28. The number of hydrogen-bond donors (Lipinski definition) is 0. The van der Waals surface area contributed by atoms with Crippen molar-refractivity contribution in [3.63, 3.8) is 0 Å². The van der Waals surface area contributed by atoms with E-state index in [1.54, 1.807) is 0 Å². The molecule has 0 aliphatic heterocycles. The Labute approximate surface area is 368 Å². The predicted molar refractivity (Wildman–Crippen MR) is 265 cm³/mol. The smallest absolute Gasteiger partial charge is 0.143 e. The molecule has 0 N–H and O–H groups in total. The molecule has 0 fully saturated rings. The third kappa shape index (κ3) is 6.09. The molecular weight excluding hydrogens is 763 g/mol. The molecule has 1 aliphatic rings. The maximum absolute atomic E-state index is 6.91. The molecule has 12 rings (SSSR count).